The molecule has 1 N–H and O–H groups in total. The Morgan fingerprint density at radius 3 is 2.68 bits per heavy atom. The number of aryl methyl sites for hydroxylation is 1. The molecule has 1 amide bonds. The topological polar surface area (TPSA) is 42.0 Å². The number of carbonyl (C=O) groups excluding carboxylic acids is 1. The summed E-state index contributed by atoms with van der Waals surface area (Å²) >= 11 is 0. The fraction of sp³-hybridized carbons (Fsp3) is 0.100. The van der Waals surface area contributed by atoms with Crippen molar-refractivity contribution in [3.05, 3.63) is 89.1 Å². The third-order valence-electron chi connectivity index (χ3n) is 3.80. The molecule has 1 aromatic heterocycles. The molecule has 0 aliphatic heterocycles. The van der Waals surface area contributed by atoms with Crippen LogP contribution in [0.3, 0.4) is 0 Å². The summed E-state index contributed by atoms with van der Waals surface area (Å²) in [5, 5.41) is 2.66. The van der Waals surface area contributed by atoms with E-state index in [-0.39, 0.29) is 12.1 Å². The molecule has 0 atom stereocenters. The highest BCUT2D eigenvalue weighted by Gasteiger charge is 2.13. The number of benzene rings is 2. The van der Waals surface area contributed by atoms with Crippen LogP contribution in [0.25, 0.3) is 11.3 Å². The molecule has 3 rings (SSSR count). The van der Waals surface area contributed by atoms with Gasteiger partial charge in [-0.3, -0.25) is 9.78 Å². The summed E-state index contributed by atoms with van der Waals surface area (Å²) < 4.78 is 26.7. The van der Waals surface area contributed by atoms with E-state index in [2.05, 4.69) is 10.3 Å². The van der Waals surface area contributed by atoms with Crippen molar-refractivity contribution in [1.29, 1.82) is 0 Å². The third kappa shape index (κ3) is 3.88. The lowest BCUT2D eigenvalue weighted by atomic mass is 10.0. The fourth-order valence-corrected chi connectivity index (χ4v) is 2.58. The van der Waals surface area contributed by atoms with Crippen molar-refractivity contribution in [2.24, 2.45) is 0 Å². The average molecular weight is 338 g/mol. The van der Waals surface area contributed by atoms with Crippen molar-refractivity contribution in [1.82, 2.24) is 10.3 Å². The van der Waals surface area contributed by atoms with Gasteiger partial charge in [0.2, 0.25) is 0 Å². The lowest BCUT2D eigenvalue weighted by Crippen LogP contribution is -2.24. The molecule has 0 bridgehead atoms. The van der Waals surface area contributed by atoms with Crippen LogP contribution in [-0.2, 0) is 6.54 Å². The van der Waals surface area contributed by atoms with E-state index in [1.54, 1.807) is 12.3 Å². The van der Waals surface area contributed by atoms with Gasteiger partial charge in [-0.15, -0.1) is 0 Å². The standard InChI is InChI=1S/C20H16F2N2O/c1-13-4-2-5-14(10-13)19-15(6-3-9-23-19)12-24-20(25)17-8-7-16(21)11-18(17)22/h2-11H,12H2,1H3,(H,24,25). The summed E-state index contributed by atoms with van der Waals surface area (Å²) in [6, 6.07) is 14.4. The molecule has 1 heterocycles. The van der Waals surface area contributed by atoms with Crippen molar-refractivity contribution < 1.29 is 13.6 Å². The minimum atomic E-state index is -0.886. The van der Waals surface area contributed by atoms with Crippen LogP contribution in [0.4, 0.5) is 8.78 Å². The van der Waals surface area contributed by atoms with Crippen LogP contribution in [0.2, 0.25) is 0 Å². The minimum absolute atomic E-state index is 0.187. The Balaban J connectivity index is 1.81. The van der Waals surface area contributed by atoms with E-state index in [0.717, 1.165) is 34.5 Å². The van der Waals surface area contributed by atoms with Crippen LogP contribution in [0, 0.1) is 18.6 Å². The predicted octanol–water partition coefficient (Wildman–Crippen LogP) is 4.27. The predicted molar refractivity (Wildman–Crippen MR) is 91.9 cm³/mol. The molecule has 0 saturated carbocycles. The zero-order valence-electron chi connectivity index (χ0n) is 13.6. The molecule has 2 aromatic carbocycles. The zero-order chi connectivity index (χ0) is 17.8. The largest absolute Gasteiger partial charge is 0.348 e. The first kappa shape index (κ1) is 16.8. The summed E-state index contributed by atoms with van der Waals surface area (Å²) in [6.07, 6.45) is 1.68. The second kappa shape index (κ2) is 7.21. The van der Waals surface area contributed by atoms with Gasteiger partial charge in [0.15, 0.2) is 0 Å². The Morgan fingerprint density at radius 2 is 1.92 bits per heavy atom. The molecule has 126 valence electrons. The van der Waals surface area contributed by atoms with Gasteiger partial charge >= 0.3 is 0 Å². The highest BCUT2D eigenvalue weighted by Crippen LogP contribution is 2.22. The average Bonchev–Trinajstić information content (AvgIpc) is 2.60. The first-order valence-electron chi connectivity index (χ1n) is 7.79. The number of amides is 1. The molecular weight excluding hydrogens is 322 g/mol. The van der Waals surface area contributed by atoms with Gasteiger partial charge in [-0.2, -0.15) is 0 Å². The van der Waals surface area contributed by atoms with Gasteiger partial charge < -0.3 is 5.32 Å². The van der Waals surface area contributed by atoms with Crippen LogP contribution in [0.15, 0.2) is 60.8 Å². The van der Waals surface area contributed by atoms with E-state index in [1.807, 2.05) is 37.3 Å². The number of carbonyl (C=O) groups is 1. The third-order valence-corrected chi connectivity index (χ3v) is 3.80. The molecule has 0 fully saturated rings. The number of nitrogens with zero attached hydrogens (tertiary/aromatic N) is 1. The smallest absolute Gasteiger partial charge is 0.254 e. The Kier molecular flexibility index (Phi) is 4.84. The summed E-state index contributed by atoms with van der Waals surface area (Å²) in [5.74, 6) is -2.21. The molecule has 0 aliphatic rings. The lowest BCUT2D eigenvalue weighted by Gasteiger charge is -2.11. The highest BCUT2D eigenvalue weighted by atomic mass is 19.1. The number of aromatic nitrogens is 1. The fourth-order valence-electron chi connectivity index (χ4n) is 2.58. The van der Waals surface area contributed by atoms with Gasteiger partial charge in [0.05, 0.1) is 11.3 Å². The van der Waals surface area contributed by atoms with Gasteiger partial charge in [0, 0.05) is 24.4 Å². The first-order valence-corrected chi connectivity index (χ1v) is 7.79. The van der Waals surface area contributed by atoms with E-state index in [9.17, 15) is 13.6 Å². The van der Waals surface area contributed by atoms with Crippen molar-refractivity contribution in [3.8, 4) is 11.3 Å². The van der Waals surface area contributed by atoms with E-state index >= 15 is 0 Å². The van der Waals surface area contributed by atoms with Gasteiger partial charge in [-0.05, 0) is 36.8 Å². The maximum Gasteiger partial charge on any atom is 0.254 e. The SMILES string of the molecule is Cc1cccc(-c2ncccc2CNC(=O)c2ccc(F)cc2F)c1. The van der Waals surface area contributed by atoms with Gasteiger partial charge in [0.1, 0.15) is 11.6 Å². The maximum absolute atomic E-state index is 13.7. The Bertz CT molecular complexity index is 925. The van der Waals surface area contributed by atoms with Crippen LogP contribution >= 0.6 is 0 Å². The Labute approximate surface area is 144 Å². The normalized spacial score (nSPS) is 10.5. The Hall–Kier alpha value is -3.08. The minimum Gasteiger partial charge on any atom is -0.348 e. The number of pyridine rings is 1. The van der Waals surface area contributed by atoms with Gasteiger partial charge in [-0.25, -0.2) is 8.78 Å². The van der Waals surface area contributed by atoms with Gasteiger partial charge in [0.25, 0.3) is 5.91 Å². The number of hydrogen-bond donors (Lipinski definition) is 1. The monoisotopic (exact) mass is 338 g/mol. The quantitative estimate of drug-likeness (QED) is 0.772. The summed E-state index contributed by atoms with van der Waals surface area (Å²) in [4.78, 5) is 16.6. The number of halogens is 2. The summed E-state index contributed by atoms with van der Waals surface area (Å²) in [5.41, 5.74) is 3.42. The molecule has 0 unspecified atom stereocenters. The lowest BCUT2D eigenvalue weighted by molar-refractivity contribution is 0.0947. The number of rotatable bonds is 4. The van der Waals surface area contributed by atoms with E-state index in [0.29, 0.717) is 6.07 Å². The van der Waals surface area contributed by atoms with E-state index in [4.69, 9.17) is 0 Å². The molecular formula is C20H16F2N2O. The van der Waals surface area contributed by atoms with Crippen LogP contribution < -0.4 is 5.32 Å². The second-order valence-electron chi connectivity index (χ2n) is 5.69. The summed E-state index contributed by atoms with van der Waals surface area (Å²) in [6.45, 7) is 2.18. The highest BCUT2D eigenvalue weighted by molar-refractivity contribution is 5.94. The van der Waals surface area contributed by atoms with Crippen molar-refractivity contribution >= 4 is 5.91 Å². The van der Waals surface area contributed by atoms with Crippen molar-refractivity contribution in [3.63, 3.8) is 0 Å². The zero-order valence-corrected chi connectivity index (χ0v) is 13.6. The molecule has 0 aliphatic carbocycles. The van der Waals surface area contributed by atoms with Gasteiger partial charge in [-0.1, -0.05) is 29.8 Å². The molecule has 3 nitrogen and oxygen atoms in total. The molecule has 3 aromatic rings. The molecule has 0 saturated heterocycles. The number of nitrogens with one attached hydrogen (secondary N) is 1. The summed E-state index contributed by atoms with van der Waals surface area (Å²) in [7, 11) is 0. The Morgan fingerprint density at radius 1 is 1.08 bits per heavy atom. The second-order valence-corrected chi connectivity index (χ2v) is 5.69. The van der Waals surface area contributed by atoms with Crippen LogP contribution in [0.5, 0.6) is 0 Å². The first-order chi connectivity index (χ1) is 12.0. The van der Waals surface area contributed by atoms with Crippen LogP contribution in [-0.4, -0.2) is 10.9 Å². The van der Waals surface area contributed by atoms with Crippen molar-refractivity contribution in [2.75, 3.05) is 0 Å². The molecule has 25 heavy (non-hydrogen) atoms. The molecule has 0 radical (unpaired) electrons. The van der Waals surface area contributed by atoms with Crippen LogP contribution in [0.1, 0.15) is 21.5 Å². The van der Waals surface area contributed by atoms with Crippen molar-refractivity contribution in [2.45, 2.75) is 13.5 Å². The van der Waals surface area contributed by atoms with E-state index < -0.39 is 17.5 Å². The maximum atomic E-state index is 13.7. The molecule has 0 spiro atoms. The number of hydrogen-bond acceptors (Lipinski definition) is 2. The molecule has 5 heteroatoms. The van der Waals surface area contributed by atoms with E-state index in [1.165, 1.54) is 0 Å².